The molecule has 0 spiro atoms. The lowest BCUT2D eigenvalue weighted by atomic mass is 9.97. The number of anilines is 1. The number of benzene rings is 2. The van der Waals surface area contributed by atoms with Crippen LogP contribution < -0.4 is 5.73 Å². The fourth-order valence-electron chi connectivity index (χ4n) is 4.68. The van der Waals surface area contributed by atoms with Gasteiger partial charge in [0, 0.05) is 43.0 Å². The molecular weight excluding hydrogens is 546 g/mol. The second-order valence-corrected chi connectivity index (χ2v) is 10.1. The Labute approximate surface area is 234 Å². The minimum absolute atomic E-state index is 0.0243. The number of aryl methyl sites for hydroxylation is 2. The van der Waals surface area contributed by atoms with Gasteiger partial charge in [-0.25, -0.2) is 4.98 Å². The lowest BCUT2D eigenvalue weighted by Gasteiger charge is -2.41. The predicted octanol–water partition coefficient (Wildman–Crippen LogP) is 5.74. The highest BCUT2D eigenvalue weighted by atomic mass is 19.4. The molecule has 0 bridgehead atoms. The van der Waals surface area contributed by atoms with Crippen LogP contribution in [0.4, 0.5) is 32.2 Å². The fraction of sp³-hybridized carbons (Fsp3) is 0.333. The van der Waals surface area contributed by atoms with Gasteiger partial charge in [0.2, 0.25) is 0 Å². The van der Waals surface area contributed by atoms with Crippen LogP contribution in [0.15, 0.2) is 54.7 Å². The molecule has 0 radical (unpaired) electrons. The molecule has 1 saturated heterocycles. The summed E-state index contributed by atoms with van der Waals surface area (Å²) in [6.45, 7) is 5.03. The third-order valence-corrected chi connectivity index (χ3v) is 7.03. The SMILES string of the molecule is Cc1ccc(C[C@@H]2CN(CC#Cc3ccc(N)nc3)CCN2C(=O)c2cc(C(F)(F)F)cc(C(F)(F)F)c2)cc1C. The number of carbonyl (C=O) groups is 1. The smallest absolute Gasteiger partial charge is 0.384 e. The van der Waals surface area contributed by atoms with Crippen LogP contribution in [-0.2, 0) is 18.8 Å². The molecule has 2 heterocycles. The number of hydrogen-bond donors (Lipinski definition) is 1. The molecular formula is C30H28F6N4O. The van der Waals surface area contributed by atoms with Crippen LogP contribution in [0, 0.1) is 25.7 Å². The number of nitrogens with zero attached hydrogens (tertiary/aromatic N) is 3. The summed E-state index contributed by atoms with van der Waals surface area (Å²) in [5.74, 6) is 5.54. The Hall–Kier alpha value is -4.04. The van der Waals surface area contributed by atoms with Gasteiger partial charge in [-0.05, 0) is 67.3 Å². The molecule has 1 aliphatic rings. The molecule has 3 aromatic rings. The first-order valence-corrected chi connectivity index (χ1v) is 12.8. The second-order valence-electron chi connectivity index (χ2n) is 10.1. The monoisotopic (exact) mass is 574 g/mol. The van der Waals surface area contributed by atoms with Crippen molar-refractivity contribution in [1.82, 2.24) is 14.8 Å². The maximum atomic E-state index is 13.5. The molecule has 2 aromatic carbocycles. The summed E-state index contributed by atoms with van der Waals surface area (Å²) in [4.78, 5) is 20.9. The Balaban J connectivity index is 1.62. The number of alkyl halides is 6. The average Bonchev–Trinajstić information content (AvgIpc) is 2.90. The van der Waals surface area contributed by atoms with E-state index in [0.717, 1.165) is 16.7 Å². The zero-order valence-corrected chi connectivity index (χ0v) is 22.4. The highest BCUT2D eigenvalue weighted by Gasteiger charge is 2.39. The van der Waals surface area contributed by atoms with Gasteiger partial charge in [-0.1, -0.05) is 30.0 Å². The van der Waals surface area contributed by atoms with E-state index in [0.29, 0.717) is 49.6 Å². The van der Waals surface area contributed by atoms with Crippen LogP contribution in [0.2, 0.25) is 0 Å². The van der Waals surface area contributed by atoms with E-state index in [1.165, 1.54) is 4.90 Å². The van der Waals surface area contributed by atoms with Crippen molar-refractivity contribution < 1.29 is 31.1 Å². The Bertz CT molecular complexity index is 1440. The number of carbonyl (C=O) groups excluding carboxylic acids is 1. The van der Waals surface area contributed by atoms with Gasteiger partial charge in [0.1, 0.15) is 5.82 Å². The molecule has 1 fully saturated rings. The molecule has 1 atom stereocenters. The maximum absolute atomic E-state index is 13.5. The number of nitrogens with two attached hydrogens (primary N) is 1. The van der Waals surface area contributed by atoms with Crippen LogP contribution >= 0.6 is 0 Å². The molecule has 0 saturated carbocycles. The topological polar surface area (TPSA) is 62.5 Å². The van der Waals surface area contributed by atoms with Crippen LogP contribution in [-0.4, -0.2) is 52.9 Å². The van der Waals surface area contributed by atoms with E-state index in [4.69, 9.17) is 5.73 Å². The average molecular weight is 575 g/mol. The summed E-state index contributed by atoms with van der Waals surface area (Å²) in [6, 6.07) is 9.67. The molecule has 41 heavy (non-hydrogen) atoms. The molecule has 2 N–H and O–H groups in total. The summed E-state index contributed by atoms with van der Waals surface area (Å²) in [5, 5.41) is 0. The van der Waals surface area contributed by atoms with Gasteiger partial charge < -0.3 is 10.6 Å². The van der Waals surface area contributed by atoms with Gasteiger partial charge in [0.05, 0.1) is 17.7 Å². The van der Waals surface area contributed by atoms with Crippen molar-refractivity contribution in [3.8, 4) is 11.8 Å². The summed E-state index contributed by atoms with van der Waals surface area (Å²) < 4.78 is 80.8. The molecule has 0 unspecified atom stereocenters. The van der Waals surface area contributed by atoms with Crippen LogP contribution in [0.3, 0.4) is 0 Å². The number of pyridine rings is 1. The zero-order chi connectivity index (χ0) is 29.9. The number of nitrogen functional groups attached to an aromatic ring is 1. The van der Waals surface area contributed by atoms with E-state index < -0.39 is 41.0 Å². The normalized spacial score (nSPS) is 16.3. The summed E-state index contributed by atoms with van der Waals surface area (Å²) in [7, 11) is 0. The van der Waals surface area contributed by atoms with Gasteiger partial charge >= 0.3 is 12.4 Å². The Morgan fingerprint density at radius 2 is 1.63 bits per heavy atom. The first-order valence-electron chi connectivity index (χ1n) is 12.8. The van der Waals surface area contributed by atoms with Crippen LogP contribution in [0.5, 0.6) is 0 Å². The molecule has 4 rings (SSSR count). The van der Waals surface area contributed by atoms with E-state index in [9.17, 15) is 31.1 Å². The van der Waals surface area contributed by atoms with Crippen molar-refractivity contribution in [2.75, 3.05) is 31.9 Å². The molecule has 1 aliphatic heterocycles. The number of hydrogen-bond acceptors (Lipinski definition) is 4. The minimum Gasteiger partial charge on any atom is -0.384 e. The Morgan fingerprint density at radius 3 is 2.22 bits per heavy atom. The van der Waals surface area contributed by atoms with E-state index >= 15 is 0 Å². The summed E-state index contributed by atoms with van der Waals surface area (Å²) in [5.41, 5.74) is 5.58. The standard InChI is InChI=1S/C30H28F6N4O/c1-19-5-6-22(12-20(19)2)13-26-18-39(9-3-4-21-7-8-27(37)38-17-21)10-11-40(26)28(41)23-14-24(29(31,32)33)16-25(15-23)30(34,35)36/h5-8,12,14-17,26H,9-11,13,18H2,1-2H3,(H2,37,38)/t26-/m1/s1. The van der Waals surface area contributed by atoms with E-state index in [-0.39, 0.29) is 12.6 Å². The third kappa shape index (κ3) is 7.58. The van der Waals surface area contributed by atoms with E-state index in [1.807, 2.05) is 36.9 Å². The molecule has 1 amide bonds. The predicted molar refractivity (Wildman–Crippen MR) is 143 cm³/mol. The molecule has 11 heteroatoms. The van der Waals surface area contributed by atoms with Crippen molar-refractivity contribution in [3.05, 3.63) is 93.7 Å². The number of rotatable bonds is 4. The van der Waals surface area contributed by atoms with Crippen molar-refractivity contribution in [2.24, 2.45) is 0 Å². The van der Waals surface area contributed by atoms with Gasteiger partial charge in [0.25, 0.3) is 5.91 Å². The van der Waals surface area contributed by atoms with Crippen molar-refractivity contribution >= 4 is 11.7 Å². The Morgan fingerprint density at radius 1 is 0.951 bits per heavy atom. The molecule has 5 nitrogen and oxygen atoms in total. The first-order chi connectivity index (χ1) is 19.2. The first kappa shape index (κ1) is 29.9. The summed E-state index contributed by atoms with van der Waals surface area (Å²) >= 11 is 0. The van der Waals surface area contributed by atoms with Crippen molar-refractivity contribution in [3.63, 3.8) is 0 Å². The quantitative estimate of drug-likeness (QED) is 0.319. The highest BCUT2D eigenvalue weighted by Crippen LogP contribution is 2.37. The minimum atomic E-state index is -5.05. The van der Waals surface area contributed by atoms with Gasteiger partial charge in [-0.2, -0.15) is 26.3 Å². The van der Waals surface area contributed by atoms with E-state index in [2.05, 4.69) is 16.8 Å². The molecule has 216 valence electrons. The lowest BCUT2D eigenvalue weighted by molar-refractivity contribution is -0.143. The maximum Gasteiger partial charge on any atom is 0.416 e. The highest BCUT2D eigenvalue weighted by molar-refractivity contribution is 5.95. The fourth-order valence-corrected chi connectivity index (χ4v) is 4.68. The van der Waals surface area contributed by atoms with Crippen molar-refractivity contribution in [1.29, 1.82) is 0 Å². The number of halogens is 6. The third-order valence-electron chi connectivity index (χ3n) is 7.03. The number of amides is 1. The van der Waals surface area contributed by atoms with Gasteiger partial charge in [0.15, 0.2) is 0 Å². The van der Waals surface area contributed by atoms with Crippen molar-refractivity contribution in [2.45, 2.75) is 38.7 Å². The molecule has 1 aromatic heterocycles. The van der Waals surface area contributed by atoms with Gasteiger partial charge in [-0.15, -0.1) is 0 Å². The largest absolute Gasteiger partial charge is 0.416 e. The van der Waals surface area contributed by atoms with Crippen LogP contribution in [0.25, 0.3) is 0 Å². The zero-order valence-electron chi connectivity index (χ0n) is 22.4. The second kappa shape index (κ2) is 11.8. The summed E-state index contributed by atoms with van der Waals surface area (Å²) in [6.07, 6.45) is -8.19. The number of aromatic nitrogens is 1. The van der Waals surface area contributed by atoms with E-state index in [1.54, 1.807) is 18.3 Å². The Kier molecular flexibility index (Phi) is 8.63. The van der Waals surface area contributed by atoms with Crippen LogP contribution in [0.1, 0.15) is 43.7 Å². The molecule has 0 aliphatic carbocycles. The number of piperazine rings is 1. The van der Waals surface area contributed by atoms with Gasteiger partial charge in [-0.3, -0.25) is 9.69 Å². The lowest BCUT2D eigenvalue weighted by Crippen LogP contribution is -2.56.